The first-order valence-electron chi connectivity index (χ1n) is 9.52. The first-order chi connectivity index (χ1) is 13.6. The van der Waals surface area contributed by atoms with Gasteiger partial charge in [-0.3, -0.25) is 9.59 Å². The van der Waals surface area contributed by atoms with Gasteiger partial charge < -0.3 is 15.2 Å². The zero-order valence-corrected chi connectivity index (χ0v) is 15.7. The van der Waals surface area contributed by atoms with Gasteiger partial charge in [-0.1, -0.05) is 36.9 Å². The Bertz CT molecular complexity index is 1050. The van der Waals surface area contributed by atoms with Crippen molar-refractivity contribution >= 4 is 28.4 Å². The molecule has 28 heavy (non-hydrogen) atoms. The summed E-state index contributed by atoms with van der Waals surface area (Å²) >= 11 is 0. The minimum absolute atomic E-state index is 0.113. The number of nitrogens with one attached hydrogen (secondary N) is 2. The summed E-state index contributed by atoms with van der Waals surface area (Å²) in [6.45, 7) is 4.89. The molecule has 2 heterocycles. The smallest absolute Gasteiger partial charge is 0.247 e. The number of benzene rings is 2. The Kier molecular flexibility index (Phi) is 4.98. The second kappa shape index (κ2) is 7.72. The Morgan fingerprint density at radius 1 is 1.11 bits per heavy atom. The third-order valence-corrected chi connectivity index (χ3v) is 5.25. The number of hydrogen-bond acceptors (Lipinski definition) is 2. The van der Waals surface area contributed by atoms with Crippen LogP contribution in [0.1, 0.15) is 16.8 Å². The molecule has 0 radical (unpaired) electrons. The summed E-state index contributed by atoms with van der Waals surface area (Å²) < 4.78 is 0. The maximum Gasteiger partial charge on any atom is 0.247 e. The Labute approximate surface area is 164 Å². The Balaban J connectivity index is 1.44. The van der Waals surface area contributed by atoms with Crippen LogP contribution in [0.25, 0.3) is 10.9 Å². The summed E-state index contributed by atoms with van der Waals surface area (Å²) in [5.74, 6) is -0.147. The van der Waals surface area contributed by atoms with Crippen molar-refractivity contribution in [2.75, 3.05) is 18.4 Å². The van der Waals surface area contributed by atoms with Crippen molar-refractivity contribution in [3.63, 3.8) is 0 Å². The number of anilines is 1. The standard InChI is InChI=1S/C23H23N3O2/c1-2-22(27)24-17-7-5-6-16(14-17)15-23(28)26-12-10-19-18-8-3-4-9-20(18)25-21(19)11-13-26/h2-9,14,25H,1,10-13,15H2,(H,24,27). The lowest BCUT2D eigenvalue weighted by molar-refractivity contribution is -0.130. The van der Waals surface area contributed by atoms with Crippen molar-refractivity contribution in [1.29, 1.82) is 0 Å². The maximum atomic E-state index is 12.9. The molecule has 2 amide bonds. The van der Waals surface area contributed by atoms with Crippen LogP contribution in [0.5, 0.6) is 0 Å². The normalized spacial score (nSPS) is 13.6. The van der Waals surface area contributed by atoms with Crippen LogP contribution < -0.4 is 5.32 Å². The van der Waals surface area contributed by atoms with E-state index in [0.717, 1.165) is 24.9 Å². The van der Waals surface area contributed by atoms with Crippen molar-refractivity contribution < 1.29 is 9.59 Å². The SMILES string of the molecule is C=CC(=O)Nc1cccc(CC(=O)N2CCc3[nH]c4ccccc4c3CC2)c1. The summed E-state index contributed by atoms with van der Waals surface area (Å²) in [7, 11) is 0. The van der Waals surface area contributed by atoms with Crippen LogP contribution in [0, 0.1) is 0 Å². The van der Waals surface area contributed by atoms with Crippen LogP contribution in [-0.2, 0) is 28.9 Å². The molecule has 1 aliphatic rings. The minimum atomic E-state index is -0.260. The summed E-state index contributed by atoms with van der Waals surface area (Å²) in [5, 5.41) is 4.00. The fraction of sp³-hybridized carbons (Fsp3) is 0.217. The fourth-order valence-corrected chi connectivity index (χ4v) is 3.85. The van der Waals surface area contributed by atoms with E-state index in [1.165, 1.54) is 28.2 Å². The number of nitrogens with zero attached hydrogens (tertiary/aromatic N) is 1. The summed E-state index contributed by atoms with van der Waals surface area (Å²) in [4.78, 5) is 29.8. The molecule has 142 valence electrons. The van der Waals surface area contributed by atoms with Crippen LogP contribution in [-0.4, -0.2) is 34.8 Å². The van der Waals surface area contributed by atoms with E-state index in [2.05, 4.69) is 35.1 Å². The molecule has 0 bridgehead atoms. The molecular weight excluding hydrogens is 350 g/mol. The predicted octanol–water partition coefficient (Wildman–Crippen LogP) is 3.46. The number of carbonyl (C=O) groups is 2. The van der Waals surface area contributed by atoms with Crippen molar-refractivity contribution in [2.45, 2.75) is 19.3 Å². The van der Waals surface area contributed by atoms with E-state index >= 15 is 0 Å². The first-order valence-corrected chi connectivity index (χ1v) is 9.52. The van der Waals surface area contributed by atoms with Crippen molar-refractivity contribution in [1.82, 2.24) is 9.88 Å². The van der Waals surface area contributed by atoms with Crippen LogP contribution in [0.2, 0.25) is 0 Å². The van der Waals surface area contributed by atoms with E-state index in [0.29, 0.717) is 18.7 Å². The van der Waals surface area contributed by atoms with Gasteiger partial charge in [-0.2, -0.15) is 0 Å². The molecule has 4 rings (SSSR count). The largest absolute Gasteiger partial charge is 0.358 e. The molecule has 0 spiro atoms. The van der Waals surface area contributed by atoms with Crippen LogP contribution in [0.3, 0.4) is 0 Å². The van der Waals surface area contributed by atoms with Gasteiger partial charge in [0.1, 0.15) is 0 Å². The van der Waals surface area contributed by atoms with Gasteiger partial charge in [0.25, 0.3) is 0 Å². The van der Waals surface area contributed by atoms with Gasteiger partial charge in [-0.15, -0.1) is 0 Å². The van der Waals surface area contributed by atoms with Crippen molar-refractivity contribution in [2.24, 2.45) is 0 Å². The van der Waals surface area contributed by atoms with E-state index in [9.17, 15) is 9.59 Å². The average Bonchev–Trinajstić information content (AvgIpc) is 2.92. The number of aromatic nitrogens is 1. The molecular formula is C23H23N3O2. The minimum Gasteiger partial charge on any atom is -0.358 e. The quantitative estimate of drug-likeness (QED) is 0.688. The van der Waals surface area contributed by atoms with E-state index in [-0.39, 0.29) is 11.8 Å². The summed E-state index contributed by atoms with van der Waals surface area (Å²) in [5.41, 5.74) is 5.31. The topological polar surface area (TPSA) is 65.2 Å². The number of amides is 2. The average molecular weight is 373 g/mol. The molecule has 5 nitrogen and oxygen atoms in total. The van der Waals surface area contributed by atoms with Gasteiger partial charge >= 0.3 is 0 Å². The molecule has 5 heteroatoms. The molecule has 2 aromatic carbocycles. The molecule has 1 aromatic heterocycles. The second-order valence-corrected chi connectivity index (χ2v) is 7.08. The van der Waals surface area contributed by atoms with Gasteiger partial charge in [0.05, 0.1) is 6.42 Å². The maximum absolute atomic E-state index is 12.9. The summed E-state index contributed by atoms with van der Waals surface area (Å²) in [6.07, 6.45) is 3.26. The molecule has 0 saturated carbocycles. The third kappa shape index (κ3) is 3.69. The highest BCUT2D eigenvalue weighted by atomic mass is 16.2. The number of H-pyrrole nitrogens is 1. The van der Waals surface area contributed by atoms with E-state index in [1.807, 2.05) is 29.2 Å². The first kappa shape index (κ1) is 18.0. The molecule has 0 saturated heterocycles. The molecule has 3 aromatic rings. The van der Waals surface area contributed by atoms with Gasteiger partial charge in [-0.05, 0) is 41.8 Å². The zero-order chi connectivity index (χ0) is 19.5. The molecule has 0 unspecified atom stereocenters. The second-order valence-electron chi connectivity index (χ2n) is 7.08. The summed E-state index contributed by atoms with van der Waals surface area (Å²) in [6, 6.07) is 15.8. The third-order valence-electron chi connectivity index (χ3n) is 5.25. The highest BCUT2D eigenvalue weighted by Crippen LogP contribution is 2.26. The number of carbonyl (C=O) groups excluding carboxylic acids is 2. The predicted molar refractivity (Wildman–Crippen MR) is 111 cm³/mol. The van der Waals surface area contributed by atoms with Gasteiger partial charge in [0, 0.05) is 41.8 Å². The molecule has 2 N–H and O–H groups in total. The lowest BCUT2D eigenvalue weighted by atomic mass is 10.1. The highest BCUT2D eigenvalue weighted by Gasteiger charge is 2.21. The lowest BCUT2D eigenvalue weighted by Crippen LogP contribution is -2.34. The number of fused-ring (bicyclic) bond motifs is 3. The lowest BCUT2D eigenvalue weighted by Gasteiger charge is -2.20. The van der Waals surface area contributed by atoms with Crippen LogP contribution in [0.15, 0.2) is 61.2 Å². The number of hydrogen-bond donors (Lipinski definition) is 2. The number of aromatic amines is 1. The fourth-order valence-electron chi connectivity index (χ4n) is 3.85. The van der Waals surface area contributed by atoms with Crippen LogP contribution >= 0.6 is 0 Å². The van der Waals surface area contributed by atoms with Crippen molar-refractivity contribution in [3.05, 3.63) is 78.0 Å². The van der Waals surface area contributed by atoms with E-state index < -0.39 is 0 Å². The molecule has 0 aliphatic carbocycles. The van der Waals surface area contributed by atoms with Gasteiger partial charge in [0.15, 0.2) is 0 Å². The molecule has 0 fully saturated rings. The number of para-hydroxylation sites is 1. The molecule has 0 atom stereocenters. The Hall–Kier alpha value is -3.34. The Morgan fingerprint density at radius 3 is 2.79 bits per heavy atom. The van der Waals surface area contributed by atoms with Crippen LogP contribution in [0.4, 0.5) is 5.69 Å². The Morgan fingerprint density at radius 2 is 1.93 bits per heavy atom. The zero-order valence-electron chi connectivity index (χ0n) is 15.7. The number of rotatable bonds is 4. The van der Waals surface area contributed by atoms with Crippen molar-refractivity contribution in [3.8, 4) is 0 Å². The van der Waals surface area contributed by atoms with Gasteiger partial charge in [-0.25, -0.2) is 0 Å². The molecule has 1 aliphatic heterocycles. The van der Waals surface area contributed by atoms with Gasteiger partial charge in [0.2, 0.25) is 11.8 Å². The van der Waals surface area contributed by atoms with E-state index in [1.54, 1.807) is 6.07 Å². The highest BCUT2D eigenvalue weighted by molar-refractivity contribution is 5.99. The van der Waals surface area contributed by atoms with E-state index in [4.69, 9.17) is 0 Å². The monoisotopic (exact) mass is 373 g/mol.